The molecular formula is C18H30N2O. The number of aliphatic hydroxyl groups is 1. The average Bonchev–Trinajstić information content (AvgIpc) is 2.95. The maximum atomic E-state index is 11.4. The lowest BCUT2D eigenvalue weighted by Crippen LogP contribution is -2.47. The summed E-state index contributed by atoms with van der Waals surface area (Å²) in [7, 11) is 0. The SMILES string of the molecule is CCn1ccnc1CC1(O)CCCCC1C1CCCCC1. The van der Waals surface area contributed by atoms with Gasteiger partial charge in [0.1, 0.15) is 5.82 Å². The summed E-state index contributed by atoms with van der Waals surface area (Å²) in [6.07, 6.45) is 16.1. The summed E-state index contributed by atoms with van der Waals surface area (Å²) in [5, 5.41) is 11.4. The fraction of sp³-hybridized carbons (Fsp3) is 0.833. The molecule has 2 saturated carbocycles. The van der Waals surface area contributed by atoms with Gasteiger partial charge in [0, 0.05) is 25.4 Å². The molecule has 1 aromatic rings. The normalized spacial score (nSPS) is 31.4. The van der Waals surface area contributed by atoms with E-state index in [9.17, 15) is 5.11 Å². The van der Waals surface area contributed by atoms with Gasteiger partial charge in [0.05, 0.1) is 5.60 Å². The van der Waals surface area contributed by atoms with Crippen molar-refractivity contribution < 1.29 is 5.11 Å². The van der Waals surface area contributed by atoms with Gasteiger partial charge in [-0.1, -0.05) is 44.9 Å². The van der Waals surface area contributed by atoms with Gasteiger partial charge < -0.3 is 9.67 Å². The van der Waals surface area contributed by atoms with Crippen molar-refractivity contribution >= 4 is 0 Å². The van der Waals surface area contributed by atoms with Gasteiger partial charge in [-0.05, 0) is 31.6 Å². The quantitative estimate of drug-likeness (QED) is 0.912. The molecule has 0 aliphatic heterocycles. The first-order chi connectivity index (χ1) is 10.2. The first kappa shape index (κ1) is 15.1. The minimum absolute atomic E-state index is 0.494. The van der Waals surface area contributed by atoms with E-state index in [0.29, 0.717) is 5.92 Å². The van der Waals surface area contributed by atoms with Gasteiger partial charge in [0.25, 0.3) is 0 Å². The van der Waals surface area contributed by atoms with Gasteiger partial charge in [-0.3, -0.25) is 0 Å². The van der Waals surface area contributed by atoms with Crippen LogP contribution in [0, 0.1) is 11.8 Å². The van der Waals surface area contributed by atoms with Gasteiger partial charge in [-0.25, -0.2) is 4.98 Å². The minimum atomic E-state index is -0.515. The van der Waals surface area contributed by atoms with Gasteiger partial charge in [0.2, 0.25) is 0 Å². The van der Waals surface area contributed by atoms with Gasteiger partial charge in [-0.15, -0.1) is 0 Å². The Bertz CT molecular complexity index is 450. The highest BCUT2D eigenvalue weighted by Gasteiger charge is 2.43. The smallest absolute Gasteiger partial charge is 0.111 e. The molecule has 0 radical (unpaired) electrons. The average molecular weight is 290 g/mol. The van der Waals surface area contributed by atoms with Crippen molar-refractivity contribution in [2.24, 2.45) is 11.8 Å². The lowest BCUT2D eigenvalue weighted by molar-refractivity contribution is -0.0782. The largest absolute Gasteiger partial charge is 0.389 e. The molecule has 2 unspecified atom stereocenters. The van der Waals surface area contributed by atoms with Gasteiger partial charge in [0.15, 0.2) is 0 Å². The molecule has 3 rings (SSSR count). The second kappa shape index (κ2) is 6.51. The third-order valence-electron chi connectivity index (χ3n) is 5.89. The second-order valence-electron chi connectivity index (χ2n) is 7.16. The van der Waals surface area contributed by atoms with E-state index >= 15 is 0 Å². The molecular weight excluding hydrogens is 260 g/mol. The van der Waals surface area contributed by atoms with E-state index in [2.05, 4.69) is 16.5 Å². The van der Waals surface area contributed by atoms with E-state index in [1.807, 2.05) is 12.4 Å². The Morgan fingerprint density at radius 1 is 1.19 bits per heavy atom. The molecule has 21 heavy (non-hydrogen) atoms. The molecule has 0 saturated heterocycles. The zero-order valence-corrected chi connectivity index (χ0v) is 13.4. The zero-order valence-electron chi connectivity index (χ0n) is 13.4. The van der Waals surface area contributed by atoms with Crippen molar-refractivity contribution in [2.45, 2.75) is 83.3 Å². The Balaban J connectivity index is 1.77. The van der Waals surface area contributed by atoms with E-state index in [4.69, 9.17) is 0 Å². The summed E-state index contributed by atoms with van der Waals surface area (Å²) >= 11 is 0. The van der Waals surface area contributed by atoms with Crippen molar-refractivity contribution in [2.75, 3.05) is 0 Å². The van der Waals surface area contributed by atoms with Gasteiger partial charge >= 0.3 is 0 Å². The van der Waals surface area contributed by atoms with Crippen LogP contribution in [0.4, 0.5) is 0 Å². The van der Waals surface area contributed by atoms with E-state index < -0.39 is 5.60 Å². The Morgan fingerprint density at radius 2 is 1.95 bits per heavy atom. The van der Waals surface area contributed by atoms with E-state index in [-0.39, 0.29) is 0 Å². The molecule has 2 fully saturated rings. The maximum Gasteiger partial charge on any atom is 0.111 e. The molecule has 0 aromatic carbocycles. The standard InChI is InChI=1S/C18H30N2O/c1-2-20-13-12-19-17(20)14-18(21)11-7-6-10-16(18)15-8-4-3-5-9-15/h12-13,15-16,21H,2-11,14H2,1H3. The molecule has 0 amide bonds. The highest BCUT2D eigenvalue weighted by molar-refractivity contribution is 5.03. The van der Waals surface area contributed by atoms with Crippen molar-refractivity contribution in [1.29, 1.82) is 0 Å². The van der Waals surface area contributed by atoms with Crippen LogP contribution < -0.4 is 0 Å². The molecule has 0 bridgehead atoms. The first-order valence-electron chi connectivity index (χ1n) is 8.95. The fourth-order valence-electron chi connectivity index (χ4n) is 4.75. The molecule has 1 heterocycles. The molecule has 2 aliphatic carbocycles. The summed E-state index contributed by atoms with van der Waals surface area (Å²) in [6.45, 7) is 3.09. The number of imidazole rings is 1. The van der Waals surface area contributed by atoms with Crippen LogP contribution in [0.25, 0.3) is 0 Å². The summed E-state index contributed by atoms with van der Waals surface area (Å²) in [5.74, 6) is 2.31. The van der Waals surface area contributed by atoms with E-state index in [0.717, 1.165) is 31.1 Å². The van der Waals surface area contributed by atoms with Crippen LogP contribution in [0.3, 0.4) is 0 Å². The fourth-order valence-corrected chi connectivity index (χ4v) is 4.75. The van der Waals surface area contributed by atoms with Crippen molar-refractivity contribution in [1.82, 2.24) is 9.55 Å². The van der Waals surface area contributed by atoms with E-state index in [1.165, 1.54) is 51.4 Å². The highest BCUT2D eigenvalue weighted by atomic mass is 16.3. The highest BCUT2D eigenvalue weighted by Crippen LogP contribution is 2.45. The van der Waals surface area contributed by atoms with Crippen LogP contribution in [0.1, 0.15) is 70.5 Å². The topological polar surface area (TPSA) is 38.0 Å². The third-order valence-corrected chi connectivity index (χ3v) is 5.89. The summed E-state index contributed by atoms with van der Waals surface area (Å²) in [6, 6.07) is 0. The summed E-state index contributed by atoms with van der Waals surface area (Å²) < 4.78 is 2.19. The predicted molar refractivity (Wildman–Crippen MR) is 85.1 cm³/mol. The Labute approximate surface area is 128 Å². The monoisotopic (exact) mass is 290 g/mol. The third kappa shape index (κ3) is 3.18. The second-order valence-corrected chi connectivity index (χ2v) is 7.16. The van der Waals surface area contributed by atoms with E-state index in [1.54, 1.807) is 0 Å². The van der Waals surface area contributed by atoms with Crippen LogP contribution in [0.2, 0.25) is 0 Å². The molecule has 118 valence electrons. The lowest BCUT2D eigenvalue weighted by Gasteiger charge is -2.45. The number of aryl methyl sites for hydroxylation is 1. The van der Waals surface area contributed by atoms with Crippen LogP contribution >= 0.6 is 0 Å². The zero-order chi connectivity index (χ0) is 14.7. The molecule has 1 aromatic heterocycles. The Morgan fingerprint density at radius 3 is 2.71 bits per heavy atom. The van der Waals surface area contributed by atoms with Crippen LogP contribution in [0.15, 0.2) is 12.4 Å². The predicted octanol–water partition coefficient (Wildman–Crippen LogP) is 3.95. The molecule has 3 heteroatoms. The maximum absolute atomic E-state index is 11.4. The number of nitrogens with zero attached hydrogens (tertiary/aromatic N) is 2. The van der Waals surface area contributed by atoms with Crippen molar-refractivity contribution in [3.8, 4) is 0 Å². The first-order valence-corrected chi connectivity index (χ1v) is 8.95. The number of aromatic nitrogens is 2. The van der Waals surface area contributed by atoms with Crippen LogP contribution in [-0.4, -0.2) is 20.3 Å². The summed E-state index contributed by atoms with van der Waals surface area (Å²) in [5.41, 5.74) is -0.515. The molecule has 1 N–H and O–H groups in total. The molecule has 3 nitrogen and oxygen atoms in total. The minimum Gasteiger partial charge on any atom is -0.389 e. The molecule has 0 spiro atoms. The summed E-state index contributed by atoms with van der Waals surface area (Å²) in [4.78, 5) is 4.51. The number of rotatable bonds is 4. The van der Waals surface area contributed by atoms with Crippen LogP contribution in [0.5, 0.6) is 0 Å². The van der Waals surface area contributed by atoms with Crippen molar-refractivity contribution in [3.63, 3.8) is 0 Å². The van der Waals surface area contributed by atoms with Crippen LogP contribution in [-0.2, 0) is 13.0 Å². The number of hydrogen-bond donors (Lipinski definition) is 1. The number of hydrogen-bond acceptors (Lipinski definition) is 2. The molecule has 2 atom stereocenters. The van der Waals surface area contributed by atoms with Crippen molar-refractivity contribution in [3.05, 3.63) is 18.2 Å². The van der Waals surface area contributed by atoms with Gasteiger partial charge in [-0.2, -0.15) is 0 Å². The lowest BCUT2D eigenvalue weighted by atomic mass is 9.64. The Kier molecular flexibility index (Phi) is 4.68. The molecule has 2 aliphatic rings. The Hall–Kier alpha value is -0.830.